The highest BCUT2D eigenvalue weighted by atomic mass is 35.5. The molecule has 28 heavy (non-hydrogen) atoms. The number of halogens is 3. The van der Waals surface area contributed by atoms with Crippen molar-refractivity contribution in [1.82, 2.24) is 4.98 Å². The molecule has 1 heterocycles. The fourth-order valence-electron chi connectivity index (χ4n) is 2.47. The molecule has 0 spiro atoms. The van der Waals surface area contributed by atoms with E-state index in [0.29, 0.717) is 37.0 Å². The van der Waals surface area contributed by atoms with E-state index < -0.39 is 0 Å². The maximum Gasteiger partial charge on any atom is 0.156 e. The zero-order chi connectivity index (χ0) is 20.3. The molecule has 0 amide bonds. The van der Waals surface area contributed by atoms with Gasteiger partial charge < -0.3 is 4.74 Å². The van der Waals surface area contributed by atoms with Crippen LogP contribution in [-0.2, 0) is 0 Å². The van der Waals surface area contributed by atoms with Gasteiger partial charge in [-0.2, -0.15) is 5.26 Å². The van der Waals surface area contributed by atoms with Gasteiger partial charge in [0.05, 0.1) is 27.4 Å². The smallest absolute Gasteiger partial charge is 0.156 e. The first kappa shape index (κ1) is 20.7. The standard InChI is InChI=1S/C21H15Cl3N2OS/c1-12(2)27-20-17(23)8-13(9-18(20)24)7-15(10-25)21-26-19(11-28-21)14-3-5-16(22)6-4-14/h3-9,11-12H,1-2H3/b15-7-. The Morgan fingerprint density at radius 3 is 2.36 bits per heavy atom. The second-order valence-corrected chi connectivity index (χ2v) is 8.30. The van der Waals surface area contributed by atoms with Gasteiger partial charge in [0, 0.05) is 16.0 Å². The number of nitrogens with zero attached hydrogens (tertiary/aromatic N) is 2. The molecule has 142 valence electrons. The molecule has 0 aliphatic rings. The summed E-state index contributed by atoms with van der Waals surface area (Å²) in [6, 6.07) is 13.0. The van der Waals surface area contributed by atoms with Gasteiger partial charge in [0.1, 0.15) is 11.1 Å². The Morgan fingerprint density at radius 2 is 1.79 bits per heavy atom. The van der Waals surface area contributed by atoms with E-state index in [1.54, 1.807) is 18.2 Å². The number of benzene rings is 2. The molecule has 0 fully saturated rings. The van der Waals surface area contributed by atoms with Gasteiger partial charge in [0.15, 0.2) is 5.75 Å². The highest BCUT2D eigenvalue weighted by Crippen LogP contribution is 2.36. The van der Waals surface area contributed by atoms with Gasteiger partial charge in [-0.1, -0.05) is 46.9 Å². The summed E-state index contributed by atoms with van der Waals surface area (Å²) in [4.78, 5) is 4.57. The topological polar surface area (TPSA) is 45.9 Å². The van der Waals surface area contributed by atoms with Gasteiger partial charge in [0.2, 0.25) is 0 Å². The molecule has 7 heteroatoms. The summed E-state index contributed by atoms with van der Waals surface area (Å²) in [5.74, 6) is 0.438. The van der Waals surface area contributed by atoms with Crippen molar-refractivity contribution < 1.29 is 4.74 Å². The molecule has 0 radical (unpaired) electrons. The summed E-state index contributed by atoms with van der Waals surface area (Å²) in [5, 5.41) is 13.6. The van der Waals surface area contributed by atoms with Crippen molar-refractivity contribution >= 4 is 57.8 Å². The predicted molar refractivity (Wildman–Crippen MR) is 118 cm³/mol. The summed E-state index contributed by atoms with van der Waals surface area (Å²) >= 11 is 19.9. The molecule has 1 aromatic heterocycles. The Labute approximate surface area is 182 Å². The summed E-state index contributed by atoms with van der Waals surface area (Å²) in [7, 11) is 0. The molecule has 3 nitrogen and oxygen atoms in total. The fourth-order valence-corrected chi connectivity index (χ4v) is 3.98. The van der Waals surface area contributed by atoms with E-state index in [4.69, 9.17) is 39.5 Å². The Hall–Kier alpha value is -2.03. The summed E-state index contributed by atoms with van der Waals surface area (Å²) in [6.07, 6.45) is 1.66. The van der Waals surface area contributed by atoms with Crippen LogP contribution in [0, 0.1) is 11.3 Å². The zero-order valence-corrected chi connectivity index (χ0v) is 18.1. The monoisotopic (exact) mass is 448 g/mol. The third-order valence-corrected chi connectivity index (χ3v) is 5.37. The number of aromatic nitrogens is 1. The van der Waals surface area contributed by atoms with Crippen LogP contribution in [0.1, 0.15) is 24.4 Å². The molecule has 2 aromatic carbocycles. The van der Waals surface area contributed by atoms with Crippen LogP contribution in [0.25, 0.3) is 22.9 Å². The minimum absolute atomic E-state index is 0.0485. The minimum Gasteiger partial charge on any atom is -0.488 e. The van der Waals surface area contributed by atoms with Crippen molar-refractivity contribution in [2.24, 2.45) is 0 Å². The first-order valence-corrected chi connectivity index (χ1v) is 10.4. The van der Waals surface area contributed by atoms with Gasteiger partial charge in [-0.25, -0.2) is 4.98 Å². The second-order valence-electron chi connectivity index (χ2n) is 6.19. The molecule has 0 unspecified atom stereocenters. The first-order chi connectivity index (χ1) is 13.4. The van der Waals surface area contributed by atoms with E-state index in [1.807, 2.05) is 43.5 Å². The zero-order valence-electron chi connectivity index (χ0n) is 15.0. The fraction of sp³-hybridized carbons (Fsp3) is 0.143. The van der Waals surface area contributed by atoms with Crippen molar-refractivity contribution in [3.63, 3.8) is 0 Å². The quantitative estimate of drug-likeness (QED) is 0.376. The summed E-state index contributed by atoms with van der Waals surface area (Å²) in [5.41, 5.74) is 2.85. The van der Waals surface area contributed by atoms with Gasteiger partial charge >= 0.3 is 0 Å². The van der Waals surface area contributed by atoms with Gasteiger partial charge in [0.25, 0.3) is 0 Å². The molecule has 3 rings (SSSR count). The Bertz CT molecular complexity index is 1040. The number of rotatable bonds is 5. The molecular formula is C21H15Cl3N2OS. The molecule has 3 aromatic rings. The Kier molecular flexibility index (Phi) is 6.64. The molecule has 0 saturated heterocycles. The lowest BCUT2D eigenvalue weighted by Crippen LogP contribution is -2.06. The normalized spacial score (nSPS) is 11.5. The Balaban J connectivity index is 1.93. The molecule has 0 aliphatic heterocycles. The number of hydrogen-bond donors (Lipinski definition) is 0. The summed E-state index contributed by atoms with van der Waals surface area (Å²) in [6.45, 7) is 3.80. The average molecular weight is 450 g/mol. The maximum atomic E-state index is 9.61. The number of allylic oxidation sites excluding steroid dienone is 1. The molecular weight excluding hydrogens is 435 g/mol. The second kappa shape index (κ2) is 8.98. The van der Waals surface area contributed by atoms with Crippen molar-refractivity contribution in [1.29, 1.82) is 5.26 Å². The van der Waals surface area contributed by atoms with E-state index in [1.165, 1.54) is 11.3 Å². The van der Waals surface area contributed by atoms with E-state index in [-0.39, 0.29) is 6.10 Å². The molecule has 0 N–H and O–H groups in total. The van der Waals surface area contributed by atoms with Crippen molar-refractivity contribution in [3.05, 3.63) is 67.4 Å². The summed E-state index contributed by atoms with van der Waals surface area (Å²) < 4.78 is 5.64. The van der Waals surface area contributed by atoms with Crippen LogP contribution < -0.4 is 4.74 Å². The van der Waals surface area contributed by atoms with Crippen LogP contribution >= 0.6 is 46.1 Å². The van der Waals surface area contributed by atoms with Crippen molar-refractivity contribution in [2.45, 2.75) is 20.0 Å². The molecule has 0 aliphatic carbocycles. The van der Waals surface area contributed by atoms with E-state index in [9.17, 15) is 5.26 Å². The molecule has 0 saturated carbocycles. The van der Waals surface area contributed by atoms with Crippen LogP contribution in [-0.4, -0.2) is 11.1 Å². The first-order valence-electron chi connectivity index (χ1n) is 8.36. The number of thiazole rings is 1. The highest BCUT2D eigenvalue weighted by molar-refractivity contribution is 7.11. The third kappa shape index (κ3) is 4.87. The Morgan fingerprint density at radius 1 is 1.14 bits per heavy atom. The van der Waals surface area contributed by atoms with Gasteiger partial charge in [-0.05, 0) is 49.8 Å². The van der Waals surface area contributed by atoms with E-state index in [2.05, 4.69) is 11.1 Å². The van der Waals surface area contributed by atoms with Crippen LogP contribution in [0.5, 0.6) is 5.75 Å². The van der Waals surface area contributed by atoms with Crippen LogP contribution in [0.4, 0.5) is 0 Å². The lowest BCUT2D eigenvalue weighted by Gasteiger charge is -2.13. The number of ether oxygens (including phenoxy) is 1. The van der Waals surface area contributed by atoms with Crippen molar-refractivity contribution in [3.8, 4) is 23.1 Å². The highest BCUT2D eigenvalue weighted by Gasteiger charge is 2.13. The van der Waals surface area contributed by atoms with Crippen LogP contribution in [0.15, 0.2) is 41.8 Å². The largest absolute Gasteiger partial charge is 0.488 e. The molecule has 0 bridgehead atoms. The maximum absolute atomic E-state index is 9.61. The minimum atomic E-state index is -0.0485. The van der Waals surface area contributed by atoms with Gasteiger partial charge in [-0.15, -0.1) is 11.3 Å². The van der Waals surface area contributed by atoms with E-state index >= 15 is 0 Å². The van der Waals surface area contributed by atoms with Crippen molar-refractivity contribution in [2.75, 3.05) is 0 Å². The lowest BCUT2D eigenvalue weighted by molar-refractivity contribution is 0.243. The third-order valence-electron chi connectivity index (χ3n) is 3.68. The van der Waals surface area contributed by atoms with Crippen LogP contribution in [0.2, 0.25) is 15.1 Å². The SMILES string of the molecule is CC(C)Oc1c(Cl)cc(/C=C(/C#N)c2nc(-c3ccc(Cl)cc3)cs2)cc1Cl. The lowest BCUT2D eigenvalue weighted by atomic mass is 10.1. The van der Waals surface area contributed by atoms with Gasteiger partial charge in [-0.3, -0.25) is 0 Å². The molecule has 0 atom stereocenters. The number of nitriles is 1. The van der Waals surface area contributed by atoms with E-state index in [0.717, 1.165) is 11.3 Å². The van der Waals surface area contributed by atoms with Crippen LogP contribution in [0.3, 0.4) is 0 Å². The average Bonchev–Trinajstić information content (AvgIpc) is 3.13. The number of hydrogen-bond acceptors (Lipinski definition) is 4. The predicted octanol–water partition coefficient (Wildman–Crippen LogP) is 7.62.